The van der Waals surface area contributed by atoms with Gasteiger partial charge in [-0.25, -0.2) is 4.79 Å². The van der Waals surface area contributed by atoms with Crippen LogP contribution in [-0.4, -0.2) is 48.0 Å². The number of hydrogen-bond acceptors (Lipinski definition) is 4. The third-order valence-corrected chi connectivity index (χ3v) is 4.60. The monoisotopic (exact) mass is 345 g/mol. The van der Waals surface area contributed by atoms with Gasteiger partial charge in [-0.15, -0.1) is 0 Å². The average Bonchev–Trinajstić information content (AvgIpc) is 2.81. The Morgan fingerprint density at radius 1 is 1.12 bits per heavy atom. The third-order valence-electron chi connectivity index (χ3n) is 4.60. The molecule has 0 bridgehead atoms. The zero-order valence-electron chi connectivity index (χ0n) is 14.1. The van der Waals surface area contributed by atoms with Crippen LogP contribution in [0, 0.1) is 0 Å². The van der Waals surface area contributed by atoms with Crippen LogP contribution in [-0.2, 0) is 20.9 Å². The van der Waals surface area contributed by atoms with E-state index in [-0.39, 0.29) is 24.3 Å². The summed E-state index contributed by atoms with van der Waals surface area (Å²) in [4.78, 5) is 37.2. The lowest BCUT2D eigenvalue weighted by Gasteiger charge is -2.34. The van der Waals surface area contributed by atoms with Crippen LogP contribution in [0.3, 0.4) is 0 Å². The summed E-state index contributed by atoms with van der Waals surface area (Å²) in [6.45, 7) is 1.78. The van der Waals surface area contributed by atoms with Gasteiger partial charge in [0, 0.05) is 19.5 Å². The fourth-order valence-corrected chi connectivity index (χ4v) is 3.17. The molecule has 0 aromatic heterocycles. The summed E-state index contributed by atoms with van der Waals surface area (Å²) in [5.41, 5.74) is 1.14. The summed E-state index contributed by atoms with van der Waals surface area (Å²) in [6.07, 6.45) is 2.19. The minimum Gasteiger partial charge on any atom is -0.373 e. The number of piperidine rings is 1. The van der Waals surface area contributed by atoms with Crippen molar-refractivity contribution in [3.05, 3.63) is 35.9 Å². The summed E-state index contributed by atoms with van der Waals surface area (Å²) in [5.74, 6) is -0.466. The van der Waals surface area contributed by atoms with Crippen molar-refractivity contribution in [1.82, 2.24) is 15.5 Å². The average molecular weight is 345 g/mol. The van der Waals surface area contributed by atoms with Gasteiger partial charge in [0.05, 0.1) is 12.7 Å². The van der Waals surface area contributed by atoms with E-state index in [4.69, 9.17) is 4.74 Å². The molecule has 2 aliphatic rings. The quantitative estimate of drug-likeness (QED) is 0.858. The summed E-state index contributed by atoms with van der Waals surface area (Å²) >= 11 is 0. The Balaban J connectivity index is 1.46. The molecule has 0 saturated carbocycles. The van der Waals surface area contributed by atoms with Gasteiger partial charge in [0.1, 0.15) is 6.04 Å². The first kappa shape index (κ1) is 17.4. The van der Waals surface area contributed by atoms with E-state index in [2.05, 4.69) is 10.6 Å². The first-order valence-electron chi connectivity index (χ1n) is 8.66. The highest BCUT2D eigenvalue weighted by Gasteiger charge is 2.31. The SMILES string of the molecule is O=C1CCC(C(=O)N2CCC(OCc3ccccc3)CC2)NC(=O)N1. The Morgan fingerprint density at radius 2 is 1.84 bits per heavy atom. The summed E-state index contributed by atoms with van der Waals surface area (Å²) in [5, 5.41) is 4.76. The van der Waals surface area contributed by atoms with Crippen molar-refractivity contribution in [3.63, 3.8) is 0 Å². The number of benzene rings is 1. The maximum Gasteiger partial charge on any atom is 0.322 e. The summed E-state index contributed by atoms with van der Waals surface area (Å²) in [7, 11) is 0. The highest BCUT2D eigenvalue weighted by Crippen LogP contribution is 2.17. The maximum absolute atomic E-state index is 12.6. The summed E-state index contributed by atoms with van der Waals surface area (Å²) < 4.78 is 5.93. The molecule has 1 aromatic rings. The second-order valence-corrected chi connectivity index (χ2v) is 6.43. The third kappa shape index (κ3) is 4.79. The number of nitrogens with zero attached hydrogens (tertiary/aromatic N) is 1. The molecule has 0 aliphatic carbocycles. The van der Waals surface area contributed by atoms with E-state index in [1.54, 1.807) is 4.90 Å². The minimum absolute atomic E-state index is 0.119. The molecule has 4 amide bonds. The van der Waals surface area contributed by atoms with Gasteiger partial charge in [0.2, 0.25) is 11.8 Å². The standard InChI is InChI=1S/C18H23N3O4/c22-16-7-6-15(19-18(24)20-16)17(23)21-10-8-14(9-11-21)25-12-13-4-2-1-3-5-13/h1-5,14-15H,6-12H2,(H2,19,20,22,24). The van der Waals surface area contributed by atoms with Crippen molar-refractivity contribution in [2.75, 3.05) is 13.1 Å². The lowest BCUT2D eigenvalue weighted by Crippen LogP contribution is -2.52. The number of urea groups is 1. The molecule has 7 nitrogen and oxygen atoms in total. The molecule has 2 saturated heterocycles. The second-order valence-electron chi connectivity index (χ2n) is 6.43. The molecule has 0 radical (unpaired) electrons. The van der Waals surface area contributed by atoms with Crippen molar-refractivity contribution in [1.29, 1.82) is 0 Å². The number of amides is 4. The minimum atomic E-state index is -0.631. The molecule has 1 atom stereocenters. The second kappa shape index (κ2) is 8.11. The Bertz CT molecular complexity index is 626. The van der Waals surface area contributed by atoms with Crippen LogP contribution in [0.5, 0.6) is 0 Å². The highest BCUT2D eigenvalue weighted by molar-refractivity contribution is 5.98. The van der Waals surface area contributed by atoms with Gasteiger partial charge in [-0.1, -0.05) is 30.3 Å². The van der Waals surface area contributed by atoms with Crippen molar-refractivity contribution in [3.8, 4) is 0 Å². The molecule has 1 aromatic carbocycles. The fraction of sp³-hybridized carbons (Fsp3) is 0.500. The number of likely N-dealkylation sites (tertiary alicyclic amines) is 1. The lowest BCUT2D eigenvalue weighted by atomic mass is 10.0. The maximum atomic E-state index is 12.6. The van der Waals surface area contributed by atoms with Gasteiger partial charge in [-0.3, -0.25) is 14.9 Å². The molecule has 2 heterocycles. The Morgan fingerprint density at radius 3 is 2.56 bits per heavy atom. The highest BCUT2D eigenvalue weighted by atomic mass is 16.5. The first-order valence-corrected chi connectivity index (χ1v) is 8.66. The molecule has 2 N–H and O–H groups in total. The van der Waals surface area contributed by atoms with E-state index < -0.39 is 12.1 Å². The molecule has 25 heavy (non-hydrogen) atoms. The van der Waals surface area contributed by atoms with Crippen molar-refractivity contribution < 1.29 is 19.1 Å². The number of rotatable bonds is 4. The number of carbonyl (C=O) groups excluding carboxylic acids is 3. The predicted molar refractivity (Wildman–Crippen MR) is 90.5 cm³/mol. The van der Waals surface area contributed by atoms with Crippen LogP contribution in [0.4, 0.5) is 4.79 Å². The van der Waals surface area contributed by atoms with E-state index in [9.17, 15) is 14.4 Å². The van der Waals surface area contributed by atoms with Crippen LogP contribution in [0.2, 0.25) is 0 Å². The van der Waals surface area contributed by atoms with Crippen LogP contribution in [0.25, 0.3) is 0 Å². The van der Waals surface area contributed by atoms with Gasteiger partial charge in [0.15, 0.2) is 0 Å². The van der Waals surface area contributed by atoms with E-state index in [1.165, 1.54) is 0 Å². The topological polar surface area (TPSA) is 87.7 Å². The van der Waals surface area contributed by atoms with Crippen molar-refractivity contribution in [2.45, 2.75) is 44.4 Å². The zero-order chi connectivity index (χ0) is 17.6. The fourth-order valence-electron chi connectivity index (χ4n) is 3.17. The molecule has 2 fully saturated rings. The predicted octanol–water partition coefficient (Wildman–Crippen LogP) is 1.18. The zero-order valence-corrected chi connectivity index (χ0v) is 14.1. The van der Waals surface area contributed by atoms with Gasteiger partial charge in [-0.2, -0.15) is 0 Å². The number of ether oxygens (including phenoxy) is 1. The van der Waals surface area contributed by atoms with E-state index in [1.807, 2.05) is 30.3 Å². The van der Waals surface area contributed by atoms with E-state index in [0.29, 0.717) is 26.1 Å². The normalized spacial score (nSPS) is 22.1. The molecular formula is C18H23N3O4. The number of hydrogen-bond donors (Lipinski definition) is 2. The van der Waals surface area contributed by atoms with Crippen LogP contribution in [0.15, 0.2) is 30.3 Å². The molecule has 7 heteroatoms. The number of nitrogens with one attached hydrogen (secondary N) is 2. The molecular weight excluding hydrogens is 322 g/mol. The first-order chi connectivity index (χ1) is 12.1. The Kier molecular flexibility index (Phi) is 5.65. The van der Waals surface area contributed by atoms with Crippen LogP contribution >= 0.6 is 0 Å². The number of carbonyl (C=O) groups is 3. The Labute approximate surface area is 146 Å². The van der Waals surface area contributed by atoms with Gasteiger partial charge < -0.3 is 15.0 Å². The largest absolute Gasteiger partial charge is 0.373 e. The smallest absolute Gasteiger partial charge is 0.322 e. The van der Waals surface area contributed by atoms with Crippen molar-refractivity contribution >= 4 is 17.8 Å². The number of imide groups is 1. The van der Waals surface area contributed by atoms with Gasteiger partial charge >= 0.3 is 6.03 Å². The molecule has 134 valence electrons. The van der Waals surface area contributed by atoms with E-state index >= 15 is 0 Å². The summed E-state index contributed by atoms with van der Waals surface area (Å²) in [6, 6.07) is 8.78. The molecule has 0 spiro atoms. The molecule has 2 aliphatic heterocycles. The lowest BCUT2D eigenvalue weighted by molar-refractivity contribution is -0.136. The van der Waals surface area contributed by atoms with E-state index in [0.717, 1.165) is 18.4 Å². The van der Waals surface area contributed by atoms with Gasteiger partial charge in [0.25, 0.3) is 0 Å². The van der Waals surface area contributed by atoms with Gasteiger partial charge in [-0.05, 0) is 24.8 Å². The van der Waals surface area contributed by atoms with Crippen molar-refractivity contribution in [2.24, 2.45) is 0 Å². The molecule has 3 rings (SSSR count). The van der Waals surface area contributed by atoms with Crippen LogP contribution in [0.1, 0.15) is 31.2 Å². The van der Waals surface area contributed by atoms with Crippen LogP contribution < -0.4 is 10.6 Å². The molecule has 1 unspecified atom stereocenters. The Hall–Kier alpha value is -2.41.